The maximum Gasteiger partial charge on any atom is 0.258 e. The Balaban J connectivity index is 1.92. The van der Waals surface area contributed by atoms with E-state index in [9.17, 15) is 9.59 Å². The van der Waals surface area contributed by atoms with Crippen molar-refractivity contribution in [3.05, 3.63) is 60.2 Å². The molecule has 5 nitrogen and oxygen atoms in total. The molecule has 28 heavy (non-hydrogen) atoms. The Kier molecular flexibility index (Phi) is 8.88. The minimum Gasteiger partial charge on any atom is -0.484 e. The lowest BCUT2D eigenvalue weighted by molar-refractivity contribution is -0.127. The van der Waals surface area contributed by atoms with Gasteiger partial charge in [0.05, 0.1) is 0 Å². The Morgan fingerprint density at radius 1 is 1.04 bits per heavy atom. The Hall–Kier alpha value is -2.47. The molecule has 0 radical (unpaired) electrons. The average molecular weight is 401 g/mol. The van der Waals surface area contributed by atoms with Crippen molar-refractivity contribution in [2.45, 2.75) is 32.2 Å². The van der Waals surface area contributed by atoms with Crippen LogP contribution >= 0.6 is 11.8 Å². The van der Waals surface area contributed by atoms with E-state index in [1.807, 2.05) is 48.7 Å². The summed E-state index contributed by atoms with van der Waals surface area (Å²) in [5.41, 5.74) is 1.93. The van der Waals surface area contributed by atoms with Gasteiger partial charge in [-0.25, -0.2) is 0 Å². The van der Waals surface area contributed by atoms with E-state index in [-0.39, 0.29) is 18.4 Å². The summed E-state index contributed by atoms with van der Waals surface area (Å²) in [4.78, 5) is 24.9. The molecule has 0 aromatic heterocycles. The predicted molar refractivity (Wildman–Crippen MR) is 116 cm³/mol. The summed E-state index contributed by atoms with van der Waals surface area (Å²) in [6.45, 7) is 4.12. The van der Waals surface area contributed by atoms with Crippen LogP contribution in [-0.2, 0) is 9.59 Å². The molecule has 150 valence electrons. The van der Waals surface area contributed by atoms with Crippen LogP contribution in [0.3, 0.4) is 0 Å². The smallest absolute Gasteiger partial charge is 0.258 e. The zero-order chi connectivity index (χ0) is 20.4. The first-order valence-electron chi connectivity index (χ1n) is 9.36. The van der Waals surface area contributed by atoms with E-state index in [4.69, 9.17) is 4.74 Å². The number of benzene rings is 2. The number of hydrogen-bond donors (Lipinski definition) is 2. The zero-order valence-corrected chi connectivity index (χ0v) is 17.4. The van der Waals surface area contributed by atoms with Crippen LogP contribution < -0.4 is 15.4 Å². The Morgan fingerprint density at radius 2 is 1.71 bits per heavy atom. The van der Waals surface area contributed by atoms with Crippen LogP contribution in [0.2, 0.25) is 0 Å². The fourth-order valence-electron chi connectivity index (χ4n) is 2.59. The van der Waals surface area contributed by atoms with E-state index < -0.39 is 6.04 Å². The number of para-hydroxylation sites is 1. The fraction of sp³-hybridized carbons (Fsp3) is 0.364. The van der Waals surface area contributed by atoms with Gasteiger partial charge in [0.2, 0.25) is 5.91 Å². The average Bonchev–Trinajstić information content (AvgIpc) is 2.70. The summed E-state index contributed by atoms with van der Waals surface area (Å²) in [6.07, 6.45) is 2.52. The molecule has 2 N–H and O–H groups in total. The zero-order valence-electron chi connectivity index (χ0n) is 16.6. The van der Waals surface area contributed by atoms with E-state index in [2.05, 4.69) is 24.5 Å². The number of carbonyl (C=O) groups excluding carboxylic acids is 2. The van der Waals surface area contributed by atoms with Gasteiger partial charge in [-0.15, -0.1) is 0 Å². The highest BCUT2D eigenvalue weighted by molar-refractivity contribution is 7.98. The standard InChI is InChI=1S/C22H28N2O3S/c1-16(2)17-9-11-18(12-10-17)23-22(26)20(13-14-28-3)24-21(25)15-27-19-7-5-4-6-8-19/h4-12,16,20H,13-15H2,1-3H3,(H,23,26)(H,24,25). The van der Waals surface area contributed by atoms with E-state index in [0.717, 1.165) is 11.4 Å². The van der Waals surface area contributed by atoms with Gasteiger partial charge in [0.1, 0.15) is 11.8 Å². The van der Waals surface area contributed by atoms with E-state index in [0.29, 0.717) is 18.1 Å². The number of hydrogen-bond acceptors (Lipinski definition) is 4. The van der Waals surface area contributed by atoms with Gasteiger partial charge in [0.15, 0.2) is 6.61 Å². The summed E-state index contributed by atoms with van der Waals surface area (Å²) in [5, 5.41) is 5.67. The summed E-state index contributed by atoms with van der Waals surface area (Å²) in [7, 11) is 0. The lowest BCUT2D eigenvalue weighted by atomic mass is 10.0. The van der Waals surface area contributed by atoms with Crippen molar-refractivity contribution in [1.82, 2.24) is 5.32 Å². The second-order valence-electron chi connectivity index (χ2n) is 6.77. The fourth-order valence-corrected chi connectivity index (χ4v) is 3.06. The van der Waals surface area contributed by atoms with Gasteiger partial charge in [-0.05, 0) is 54.2 Å². The highest BCUT2D eigenvalue weighted by atomic mass is 32.2. The molecule has 1 atom stereocenters. The normalized spacial score (nSPS) is 11.7. The van der Waals surface area contributed by atoms with Crippen LogP contribution in [0.5, 0.6) is 5.75 Å². The third kappa shape index (κ3) is 7.27. The Labute approximate surface area is 171 Å². The molecule has 6 heteroatoms. The molecular formula is C22H28N2O3S. The van der Waals surface area contributed by atoms with Crippen LogP contribution in [0.15, 0.2) is 54.6 Å². The molecule has 2 rings (SSSR count). The monoisotopic (exact) mass is 400 g/mol. The molecule has 0 heterocycles. The minimum absolute atomic E-state index is 0.129. The van der Waals surface area contributed by atoms with Gasteiger partial charge in [-0.2, -0.15) is 11.8 Å². The summed E-state index contributed by atoms with van der Waals surface area (Å²) in [6, 6.07) is 16.3. The maximum absolute atomic E-state index is 12.7. The molecule has 2 amide bonds. The number of amides is 2. The first-order chi connectivity index (χ1) is 13.5. The van der Waals surface area contributed by atoms with Crippen LogP contribution in [0.25, 0.3) is 0 Å². The largest absolute Gasteiger partial charge is 0.484 e. The number of anilines is 1. The minimum atomic E-state index is -0.607. The van der Waals surface area contributed by atoms with E-state index in [1.165, 1.54) is 5.56 Å². The van der Waals surface area contributed by atoms with E-state index in [1.54, 1.807) is 23.9 Å². The molecule has 0 aliphatic carbocycles. The van der Waals surface area contributed by atoms with E-state index >= 15 is 0 Å². The number of ether oxygens (including phenoxy) is 1. The van der Waals surface area contributed by atoms with Crippen LogP contribution in [0.1, 0.15) is 31.7 Å². The van der Waals surface area contributed by atoms with Gasteiger partial charge in [0, 0.05) is 5.69 Å². The first-order valence-corrected chi connectivity index (χ1v) is 10.8. The molecule has 0 saturated heterocycles. The molecule has 2 aromatic carbocycles. The molecule has 0 saturated carbocycles. The third-order valence-corrected chi connectivity index (χ3v) is 4.86. The van der Waals surface area contributed by atoms with Crippen LogP contribution in [0.4, 0.5) is 5.69 Å². The quantitative estimate of drug-likeness (QED) is 0.631. The molecule has 0 spiro atoms. The van der Waals surface area contributed by atoms with Gasteiger partial charge in [0.25, 0.3) is 5.91 Å². The van der Waals surface area contributed by atoms with Crippen molar-refractivity contribution in [2.75, 3.05) is 23.9 Å². The topological polar surface area (TPSA) is 67.4 Å². The molecule has 0 fully saturated rings. The second kappa shape index (κ2) is 11.4. The number of nitrogens with one attached hydrogen (secondary N) is 2. The van der Waals surface area contributed by atoms with Crippen molar-refractivity contribution in [2.24, 2.45) is 0 Å². The van der Waals surface area contributed by atoms with Crippen LogP contribution in [-0.4, -0.2) is 36.5 Å². The summed E-state index contributed by atoms with van der Waals surface area (Å²) < 4.78 is 5.46. The number of carbonyl (C=O) groups is 2. The highest BCUT2D eigenvalue weighted by Crippen LogP contribution is 2.17. The highest BCUT2D eigenvalue weighted by Gasteiger charge is 2.21. The second-order valence-corrected chi connectivity index (χ2v) is 7.75. The van der Waals surface area contributed by atoms with Crippen molar-refractivity contribution >= 4 is 29.3 Å². The molecule has 1 unspecified atom stereocenters. The first kappa shape index (κ1) is 21.8. The van der Waals surface area contributed by atoms with Gasteiger partial charge < -0.3 is 15.4 Å². The third-order valence-electron chi connectivity index (χ3n) is 4.22. The molecule has 0 bridgehead atoms. The van der Waals surface area contributed by atoms with Gasteiger partial charge >= 0.3 is 0 Å². The van der Waals surface area contributed by atoms with Gasteiger partial charge in [-0.1, -0.05) is 44.2 Å². The SMILES string of the molecule is CSCCC(NC(=O)COc1ccccc1)C(=O)Nc1ccc(C(C)C)cc1. The van der Waals surface area contributed by atoms with Crippen molar-refractivity contribution in [3.8, 4) is 5.75 Å². The Bertz CT molecular complexity index is 748. The van der Waals surface area contributed by atoms with Crippen molar-refractivity contribution < 1.29 is 14.3 Å². The molecule has 0 aliphatic heterocycles. The lowest BCUT2D eigenvalue weighted by Crippen LogP contribution is -2.45. The van der Waals surface area contributed by atoms with Crippen LogP contribution in [0, 0.1) is 0 Å². The Morgan fingerprint density at radius 3 is 2.32 bits per heavy atom. The number of thioether (sulfide) groups is 1. The number of rotatable bonds is 10. The predicted octanol–water partition coefficient (Wildman–Crippen LogP) is 4.07. The summed E-state index contributed by atoms with van der Waals surface area (Å²) >= 11 is 1.63. The molecule has 2 aromatic rings. The van der Waals surface area contributed by atoms with Crippen molar-refractivity contribution in [1.29, 1.82) is 0 Å². The molecule has 0 aliphatic rings. The van der Waals surface area contributed by atoms with Gasteiger partial charge in [-0.3, -0.25) is 9.59 Å². The summed E-state index contributed by atoms with van der Waals surface area (Å²) in [5.74, 6) is 1.28. The molecular weight excluding hydrogens is 372 g/mol. The lowest BCUT2D eigenvalue weighted by Gasteiger charge is -2.18. The van der Waals surface area contributed by atoms with Crippen molar-refractivity contribution in [3.63, 3.8) is 0 Å². The maximum atomic E-state index is 12.7.